The number of phosphoric acid groups is 1. The number of ether oxygens (including phenoxy) is 2. The number of rotatable bonds is 52. The van der Waals surface area contributed by atoms with E-state index in [1.165, 1.54) is 154 Å². The Labute approximate surface area is 431 Å². The average molecular weight is 1000 g/mol. The van der Waals surface area contributed by atoms with Crippen LogP contribution in [0.3, 0.4) is 0 Å². The number of phosphoric ester groups is 1. The lowest BCUT2D eigenvalue weighted by molar-refractivity contribution is -0.870. The fraction of sp³-hybridized carbons (Fsp3) is 0.767. The Morgan fingerprint density at radius 3 is 1.19 bits per heavy atom. The van der Waals surface area contributed by atoms with Crippen LogP contribution in [0.15, 0.2) is 72.9 Å². The lowest BCUT2D eigenvalue weighted by atomic mass is 10.0. The molecule has 9 nitrogen and oxygen atoms in total. The molecule has 406 valence electrons. The average Bonchev–Trinajstić information content (AvgIpc) is 3.32. The van der Waals surface area contributed by atoms with Gasteiger partial charge in [-0.2, -0.15) is 0 Å². The van der Waals surface area contributed by atoms with Crippen LogP contribution in [0.1, 0.15) is 245 Å². The van der Waals surface area contributed by atoms with Crippen molar-refractivity contribution in [2.45, 2.75) is 251 Å². The SMILES string of the molecule is CC/C=C\C/C=C\C/C=C\C/C=C\C/C=C\C/C=C\CCC(=O)OC(COC(=O)CCCCCCCCCCCCCCCCCCCCCCCCCCCCC)COP(=O)(O)OCC[N+](C)(C)C. The fourth-order valence-corrected chi connectivity index (χ4v) is 8.61. The van der Waals surface area contributed by atoms with Crippen LogP contribution in [0.4, 0.5) is 0 Å². The van der Waals surface area contributed by atoms with Crippen LogP contribution in [-0.4, -0.2) is 74.9 Å². The van der Waals surface area contributed by atoms with Gasteiger partial charge in [-0.15, -0.1) is 0 Å². The number of hydrogen-bond donors (Lipinski definition) is 1. The van der Waals surface area contributed by atoms with Gasteiger partial charge in [0.25, 0.3) is 0 Å². The minimum Gasteiger partial charge on any atom is -0.462 e. The predicted octanol–water partition coefficient (Wildman–Crippen LogP) is 17.7. The molecule has 0 saturated heterocycles. The summed E-state index contributed by atoms with van der Waals surface area (Å²) in [6.45, 7) is 4.25. The van der Waals surface area contributed by atoms with Crippen LogP contribution in [0.2, 0.25) is 0 Å². The van der Waals surface area contributed by atoms with Gasteiger partial charge in [0.15, 0.2) is 6.10 Å². The van der Waals surface area contributed by atoms with Crippen molar-refractivity contribution in [1.29, 1.82) is 0 Å². The maximum atomic E-state index is 12.7. The summed E-state index contributed by atoms with van der Waals surface area (Å²) in [5.74, 6) is -0.890. The zero-order chi connectivity index (χ0) is 51.3. The molecular weight excluding hydrogens is 894 g/mol. The van der Waals surface area contributed by atoms with Crippen molar-refractivity contribution in [3.63, 3.8) is 0 Å². The second-order valence-electron chi connectivity index (χ2n) is 20.3. The summed E-state index contributed by atoms with van der Waals surface area (Å²) in [7, 11) is 1.43. The first kappa shape index (κ1) is 67.5. The second-order valence-corrected chi connectivity index (χ2v) is 21.8. The monoisotopic (exact) mass is 1000 g/mol. The third kappa shape index (κ3) is 54.8. The molecular formula is C60H109NO8P+. The van der Waals surface area contributed by atoms with Crippen LogP contribution in [-0.2, 0) is 32.7 Å². The number of quaternary nitrogens is 1. The summed E-state index contributed by atoms with van der Waals surface area (Å²) in [6, 6.07) is 0. The molecule has 0 amide bonds. The second kappa shape index (κ2) is 51.4. The summed E-state index contributed by atoms with van der Waals surface area (Å²) >= 11 is 0. The number of likely N-dealkylation sites (N-methyl/N-ethyl adjacent to an activating group) is 1. The van der Waals surface area contributed by atoms with Gasteiger partial charge in [-0.3, -0.25) is 18.6 Å². The first-order chi connectivity index (χ1) is 34.0. The Balaban J connectivity index is 4.20. The van der Waals surface area contributed by atoms with Crippen LogP contribution < -0.4 is 0 Å². The van der Waals surface area contributed by atoms with Gasteiger partial charge in [0.05, 0.1) is 27.7 Å². The molecule has 0 aromatic heterocycles. The molecule has 0 bridgehead atoms. The van der Waals surface area contributed by atoms with E-state index in [0.717, 1.165) is 57.8 Å². The number of carbonyl (C=O) groups excluding carboxylic acids is 2. The summed E-state index contributed by atoms with van der Waals surface area (Å²) < 4.78 is 34.4. The minimum atomic E-state index is -4.41. The molecule has 0 rings (SSSR count). The highest BCUT2D eigenvalue weighted by Gasteiger charge is 2.27. The van der Waals surface area contributed by atoms with E-state index in [1.54, 1.807) is 0 Å². The first-order valence-electron chi connectivity index (χ1n) is 28.7. The maximum Gasteiger partial charge on any atom is 0.472 e. The molecule has 0 saturated carbocycles. The van der Waals surface area contributed by atoms with Crippen LogP contribution in [0.25, 0.3) is 0 Å². The Kier molecular flexibility index (Phi) is 49.5. The Bertz CT molecular complexity index is 1410. The number of unbranched alkanes of at least 4 members (excludes halogenated alkanes) is 26. The molecule has 0 aliphatic rings. The third-order valence-electron chi connectivity index (χ3n) is 12.3. The molecule has 2 unspecified atom stereocenters. The van der Waals surface area contributed by atoms with Crippen molar-refractivity contribution in [3.8, 4) is 0 Å². The molecule has 0 spiro atoms. The molecule has 2 atom stereocenters. The van der Waals surface area contributed by atoms with Crippen molar-refractivity contribution < 1.29 is 42.1 Å². The van der Waals surface area contributed by atoms with Gasteiger partial charge in [-0.1, -0.05) is 254 Å². The zero-order valence-corrected chi connectivity index (χ0v) is 46.9. The van der Waals surface area contributed by atoms with Gasteiger partial charge >= 0.3 is 19.8 Å². The standard InChI is InChI=1S/C60H108NO8P/c1-6-8-10-12-14-16-18-20-22-24-26-27-28-29-30-31-32-33-35-36-38-40-42-44-46-48-50-52-59(62)66-56-58(57-68-70(64,65)67-55-54-61(3,4)5)69-60(63)53-51-49-47-45-43-41-39-37-34-25-23-21-19-17-15-13-11-9-7-2/h9,11,15,17,21,23,34,37,41,43,47,49,58H,6-8,10,12-14,16,18-20,22,24-33,35-36,38-40,42,44-46,48,50-57H2,1-5H3/p+1/b11-9-,17-15-,23-21-,37-34-,43-41-,49-47-. The van der Waals surface area contributed by atoms with E-state index in [9.17, 15) is 19.0 Å². The van der Waals surface area contributed by atoms with Crippen LogP contribution in [0, 0.1) is 0 Å². The number of allylic oxidation sites excluding steroid dienone is 12. The lowest BCUT2D eigenvalue weighted by Gasteiger charge is -2.24. The Morgan fingerprint density at radius 1 is 0.457 bits per heavy atom. The van der Waals surface area contributed by atoms with Gasteiger partial charge in [-0.25, -0.2) is 4.57 Å². The molecule has 0 aliphatic heterocycles. The summed E-state index contributed by atoms with van der Waals surface area (Å²) in [5.41, 5.74) is 0. The molecule has 1 N–H and O–H groups in total. The summed E-state index contributed by atoms with van der Waals surface area (Å²) in [4.78, 5) is 35.6. The van der Waals surface area contributed by atoms with Crippen molar-refractivity contribution >= 4 is 19.8 Å². The first-order valence-corrected chi connectivity index (χ1v) is 30.2. The molecule has 10 heteroatoms. The topological polar surface area (TPSA) is 108 Å². The highest BCUT2D eigenvalue weighted by atomic mass is 31.2. The Hall–Kier alpha value is -2.55. The number of carbonyl (C=O) groups is 2. The number of nitrogens with zero attached hydrogens (tertiary/aromatic N) is 1. The van der Waals surface area contributed by atoms with Gasteiger partial charge in [0.2, 0.25) is 0 Å². The van der Waals surface area contributed by atoms with Crippen molar-refractivity contribution in [2.24, 2.45) is 0 Å². The number of esters is 2. The van der Waals surface area contributed by atoms with E-state index < -0.39 is 26.5 Å². The molecule has 0 aromatic carbocycles. The highest BCUT2D eigenvalue weighted by molar-refractivity contribution is 7.47. The van der Waals surface area contributed by atoms with E-state index in [-0.39, 0.29) is 32.0 Å². The third-order valence-corrected chi connectivity index (χ3v) is 13.2. The largest absolute Gasteiger partial charge is 0.472 e. The van der Waals surface area contributed by atoms with Gasteiger partial charge < -0.3 is 18.9 Å². The summed E-state index contributed by atoms with van der Waals surface area (Å²) in [6.07, 6.45) is 67.2. The molecule has 0 fully saturated rings. The van der Waals surface area contributed by atoms with Crippen LogP contribution >= 0.6 is 7.82 Å². The lowest BCUT2D eigenvalue weighted by Crippen LogP contribution is -2.37. The van der Waals surface area contributed by atoms with E-state index in [0.29, 0.717) is 17.4 Å². The number of hydrogen-bond acceptors (Lipinski definition) is 7. The van der Waals surface area contributed by atoms with Crippen LogP contribution in [0.5, 0.6) is 0 Å². The Morgan fingerprint density at radius 2 is 0.814 bits per heavy atom. The molecule has 0 aromatic rings. The predicted molar refractivity (Wildman–Crippen MR) is 298 cm³/mol. The zero-order valence-electron chi connectivity index (χ0n) is 46.0. The molecule has 0 radical (unpaired) electrons. The highest BCUT2D eigenvalue weighted by Crippen LogP contribution is 2.43. The molecule has 0 heterocycles. The van der Waals surface area contributed by atoms with Gasteiger partial charge in [-0.05, 0) is 51.4 Å². The van der Waals surface area contributed by atoms with E-state index in [4.69, 9.17) is 18.5 Å². The quantitative estimate of drug-likeness (QED) is 0.0211. The van der Waals surface area contributed by atoms with Crippen molar-refractivity contribution in [3.05, 3.63) is 72.9 Å². The summed E-state index contributed by atoms with van der Waals surface area (Å²) in [5, 5.41) is 0. The van der Waals surface area contributed by atoms with E-state index >= 15 is 0 Å². The van der Waals surface area contributed by atoms with Gasteiger partial charge in [0.1, 0.15) is 19.8 Å². The molecule has 0 aliphatic carbocycles. The minimum absolute atomic E-state index is 0.0162. The fourth-order valence-electron chi connectivity index (χ4n) is 7.87. The van der Waals surface area contributed by atoms with E-state index in [1.807, 2.05) is 33.3 Å². The van der Waals surface area contributed by atoms with Crippen molar-refractivity contribution in [1.82, 2.24) is 0 Å². The van der Waals surface area contributed by atoms with Crippen molar-refractivity contribution in [2.75, 3.05) is 47.5 Å². The van der Waals surface area contributed by atoms with Gasteiger partial charge in [0, 0.05) is 12.8 Å². The molecule has 70 heavy (non-hydrogen) atoms. The van der Waals surface area contributed by atoms with E-state index in [2.05, 4.69) is 74.6 Å². The smallest absolute Gasteiger partial charge is 0.462 e. The normalized spacial score (nSPS) is 13.9. The maximum absolute atomic E-state index is 12.7.